The third-order valence-corrected chi connectivity index (χ3v) is 4.44. The van der Waals surface area contributed by atoms with Gasteiger partial charge in [0.25, 0.3) is 6.43 Å². The van der Waals surface area contributed by atoms with Crippen molar-refractivity contribution in [2.75, 3.05) is 0 Å². The SMILES string of the molecule is CCCc1ccc(F)c(F)c1F.O=C(F)c1ccc(-c2cc(F)c(C(F)F)c(F)c2)c(F)c1. The molecule has 0 aliphatic rings. The van der Waals surface area contributed by atoms with E-state index in [9.17, 15) is 44.3 Å². The van der Waals surface area contributed by atoms with Crippen molar-refractivity contribution in [3.8, 4) is 11.1 Å². The van der Waals surface area contributed by atoms with Crippen LogP contribution in [0.5, 0.6) is 0 Å². The highest BCUT2D eigenvalue weighted by molar-refractivity contribution is 5.89. The minimum Gasteiger partial charge on any atom is -0.255 e. The molecule has 0 unspecified atom stereocenters. The van der Waals surface area contributed by atoms with Gasteiger partial charge in [-0.3, -0.25) is 4.79 Å². The lowest BCUT2D eigenvalue weighted by molar-refractivity contribution is 0.0835. The fourth-order valence-corrected chi connectivity index (χ4v) is 2.85. The van der Waals surface area contributed by atoms with Crippen molar-refractivity contribution in [1.82, 2.24) is 0 Å². The minimum absolute atomic E-state index is 0.233. The van der Waals surface area contributed by atoms with Crippen LogP contribution in [0.15, 0.2) is 42.5 Å². The molecule has 3 rings (SSSR count). The monoisotopic (exact) mass is 478 g/mol. The van der Waals surface area contributed by atoms with Gasteiger partial charge in [-0.25, -0.2) is 35.1 Å². The topological polar surface area (TPSA) is 17.1 Å². The average molecular weight is 478 g/mol. The number of rotatable bonds is 5. The molecule has 0 aromatic heterocycles. The van der Waals surface area contributed by atoms with Crippen molar-refractivity contribution in [2.45, 2.75) is 26.2 Å². The molecular formula is C23H15F9O. The molecule has 0 amide bonds. The second-order valence-electron chi connectivity index (χ2n) is 6.71. The Morgan fingerprint density at radius 3 is 1.88 bits per heavy atom. The maximum atomic E-state index is 13.7. The van der Waals surface area contributed by atoms with Crippen molar-refractivity contribution in [1.29, 1.82) is 0 Å². The first-order valence-electron chi connectivity index (χ1n) is 9.37. The van der Waals surface area contributed by atoms with E-state index in [0.717, 1.165) is 18.2 Å². The highest BCUT2D eigenvalue weighted by Gasteiger charge is 2.21. The summed E-state index contributed by atoms with van der Waals surface area (Å²) in [6.45, 7) is 1.85. The van der Waals surface area contributed by atoms with E-state index >= 15 is 0 Å². The zero-order chi connectivity index (χ0) is 24.9. The number of carbonyl (C=O) groups is 1. The molecule has 0 N–H and O–H groups in total. The van der Waals surface area contributed by atoms with Gasteiger partial charge in [0.1, 0.15) is 17.5 Å². The quantitative estimate of drug-likeness (QED) is 0.207. The lowest BCUT2D eigenvalue weighted by Crippen LogP contribution is -1.99. The first kappa shape index (κ1) is 26.0. The molecule has 3 aromatic rings. The Morgan fingerprint density at radius 2 is 1.39 bits per heavy atom. The number of benzene rings is 3. The standard InChI is InChI=1S/C14H6F6O.C9H9F3/c15-9-3-6(14(20)21)1-2-8(9)7-4-10(16)12(13(18)19)11(17)5-7;1-2-3-6-4-5-7(10)9(12)8(6)11/h1-5,13H;4-5H,2-3H2,1H3. The number of hydrogen-bond donors (Lipinski definition) is 0. The van der Waals surface area contributed by atoms with Crippen LogP contribution in [0.3, 0.4) is 0 Å². The Balaban J connectivity index is 0.000000273. The summed E-state index contributed by atoms with van der Waals surface area (Å²) in [5.74, 6) is -7.72. The predicted molar refractivity (Wildman–Crippen MR) is 102 cm³/mol. The number of halogens is 9. The van der Waals surface area contributed by atoms with Gasteiger partial charge in [-0.05, 0) is 47.9 Å². The lowest BCUT2D eigenvalue weighted by Gasteiger charge is -2.09. The molecule has 0 aliphatic carbocycles. The molecule has 0 spiro atoms. The number of carbonyl (C=O) groups excluding carboxylic acids is 1. The van der Waals surface area contributed by atoms with Crippen LogP contribution in [0, 0.1) is 34.9 Å². The molecule has 0 bridgehead atoms. The average Bonchev–Trinajstić information content (AvgIpc) is 2.73. The van der Waals surface area contributed by atoms with Crippen LogP contribution in [-0.4, -0.2) is 6.04 Å². The third-order valence-electron chi connectivity index (χ3n) is 4.44. The van der Waals surface area contributed by atoms with Gasteiger partial charge in [-0.2, -0.15) is 4.39 Å². The van der Waals surface area contributed by atoms with Gasteiger partial charge in [0, 0.05) is 5.56 Å². The van der Waals surface area contributed by atoms with Crippen LogP contribution in [-0.2, 0) is 6.42 Å². The molecule has 176 valence electrons. The summed E-state index contributed by atoms with van der Waals surface area (Å²) >= 11 is 0. The van der Waals surface area contributed by atoms with E-state index in [1.54, 1.807) is 0 Å². The van der Waals surface area contributed by atoms with Gasteiger partial charge in [-0.1, -0.05) is 25.5 Å². The van der Waals surface area contributed by atoms with Crippen LogP contribution >= 0.6 is 0 Å². The van der Waals surface area contributed by atoms with E-state index in [0.29, 0.717) is 31.0 Å². The predicted octanol–water partition coefficient (Wildman–Crippen LogP) is 7.87. The molecule has 0 fully saturated rings. The molecule has 10 heteroatoms. The molecule has 0 aliphatic heterocycles. The largest absolute Gasteiger partial charge is 0.332 e. The van der Waals surface area contributed by atoms with E-state index in [-0.39, 0.29) is 16.7 Å². The summed E-state index contributed by atoms with van der Waals surface area (Å²) in [6.07, 6.45) is -2.21. The van der Waals surface area contributed by atoms with E-state index in [2.05, 4.69) is 0 Å². The van der Waals surface area contributed by atoms with E-state index < -0.39 is 58.5 Å². The highest BCUT2D eigenvalue weighted by atomic mass is 19.3. The Bertz CT molecular complexity index is 1140. The first-order valence-corrected chi connectivity index (χ1v) is 9.37. The normalized spacial score (nSPS) is 10.8. The van der Waals surface area contributed by atoms with Gasteiger partial charge in [0.05, 0.1) is 11.1 Å². The zero-order valence-corrected chi connectivity index (χ0v) is 16.8. The molecule has 0 heterocycles. The second kappa shape index (κ2) is 11.0. The summed E-state index contributed by atoms with van der Waals surface area (Å²) in [5, 5.41) is 0. The summed E-state index contributed by atoms with van der Waals surface area (Å²) in [6, 6.07) is 3.83. The van der Waals surface area contributed by atoms with Crippen LogP contribution in [0.4, 0.5) is 39.5 Å². The van der Waals surface area contributed by atoms with Crippen molar-refractivity contribution >= 4 is 6.04 Å². The van der Waals surface area contributed by atoms with Crippen LogP contribution in [0.1, 0.15) is 41.3 Å². The van der Waals surface area contributed by atoms with Crippen molar-refractivity contribution in [3.05, 3.63) is 94.1 Å². The van der Waals surface area contributed by atoms with Gasteiger partial charge in [0.15, 0.2) is 17.5 Å². The van der Waals surface area contributed by atoms with Crippen molar-refractivity contribution in [2.24, 2.45) is 0 Å². The van der Waals surface area contributed by atoms with E-state index in [4.69, 9.17) is 0 Å². The Morgan fingerprint density at radius 1 is 0.788 bits per heavy atom. The fraction of sp³-hybridized carbons (Fsp3) is 0.174. The van der Waals surface area contributed by atoms with Crippen molar-refractivity contribution in [3.63, 3.8) is 0 Å². The second-order valence-corrected chi connectivity index (χ2v) is 6.71. The van der Waals surface area contributed by atoms with Crippen LogP contribution < -0.4 is 0 Å². The summed E-state index contributed by atoms with van der Waals surface area (Å²) in [7, 11) is 0. The molecule has 0 radical (unpaired) electrons. The smallest absolute Gasteiger partial charge is 0.255 e. The number of aryl methyl sites for hydroxylation is 1. The lowest BCUT2D eigenvalue weighted by atomic mass is 10.0. The Kier molecular flexibility index (Phi) is 8.67. The van der Waals surface area contributed by atoms with Gasteiger partial charge < -0.3 is 0 Å². The van der Waals surface area contributed by atoms with Gasteiger partial charge in [-0.15, -0.1) is 0 Å². The van der Waals surface area contributed by atoms with Crippen LogP contribution in [0.25, 0.3) is 11.1 Å². The molecule has 0 saturated carbocycles. The highest BCUT2D eigenvalue weighted by Crippen LogP contribution is 2.31. The van der Waals surface area contributed by atoms with Gasteiger partial charge >= 0.3 is 6.04 Å². The molecule has 1 nitrogen and oxygen atoms in total. The molecule has 33 heavy (non-hydrogen) atoms. The Hall–Kier alpha value is -3.30. The molecule has 0 saturated heterocycles. The Labute approximate surface area is 182 Å². The minimum atomic E-state index is -3.35. The maximum absolute atomic E-state index is 13.7. The molecule has 0 atom stereocenters. The first-order chi connectivity index (χ1) is 15.5. The summed E-state index contributed by atoms with van der Waals surface area (Å²) in [5.41, 5.74) is -2.43. The summed E-state index contributed by atoms with van der Waals surface area (Å²) in [4.78, 5) is 10.4. The zero-order valence-electron chi connectivity index (χ0n) is 16.8. The van der Waals surface area contributed by atoms with E-state index in [1.807, 2.05) is 6.92 Å². The van der Waals surface area contributed by atoms with Crippen LogP contribution in [0.2, 0.25) is 0 Å². The number of alkyl halides is 2. The number of hydrogen-bond acceptors (Lipinski definition) is 1. The third kappa shape index (κ3) is 6.15. The van der Waals surface area contributed by atoms with Crippen molar-refractivity contribution < 1.29 is 44.3 Å². The molecule has 3 aromatic carbocycles. The summed E-state index contributed by atoms with van der Waals surface area (Å²) < 4.78 is 116. The molecular weight excluding hydrogens is 463 g/mol. The van der Waals surface area contributed by atoms with Gasteiger partial charge in [0.2, 0.25) is 0 Å². The van der Waals surface area contributed by atoms with E-state index in [1.165, 1.54) is 6.07 Å². The fourth-order valence-electron chi connectivity index (χ4n) is 2.85. The maximum Gasteiger partial charge on any atom is 0.332 e.